The molecule has 1 saturated carbocycles. The highest BCUT2D eigenvalue weighted by Gasteiger charge is 2.29. The van der Waals surface area contributed by atoms with Gasteiger partial charge in [-0.25, -0.2) is 4.79 Å². The van der Waals surface area contributed by atoms with Crippen molar-refractivity contribution in [3.05, 3.63) is 64.7 Å². The Morgan fingerprint density at radius 3 is 2.40 bits per heavy atom. The first-order valence-corrected chi connectivity index (χ1v) is 12.0. The highest BCUT2D eigenvalue weighted by atomic mass is 19.4. The van der Waals surface area contributed by atoms with E-state index in [1.165, 1.54) is 31.4 Å². The van der Waals surface area contributed by atoms with E-state index in [-0.39, 0.29) is 13.2 Å². The number of nitrogens with zero attached hydrogens (tertiary/aromatic N) is 1. The van der Waals surface area contributed by atoms with E-state index in [0.29, 0.717) is 23.8 Å². The third kappa shape index (κ3) is 8.30. The van der Waals surface area contributed by atoms with Crippen LogP contribution in [0, 0.1) is 12.8 Å². The highest BCUT2D eigenvalue weighted by Crippen LogP contribution is 2.30. The summed E-state index contributed by atoms with van der Waals surface area (Å²) < 4.78 is 48.8. The Labute approximate surface area is 204 Å². The van der Waals surface area contributed by atoms with E-state index < -0.39 is 17.7 Å². The molecule has 5 nitrogen and oxygen atoms in total. The maximum atomic E-state index is 12.8. The number of oxime groups is 1. The van der Waals surface area contributed by atoms with Crippen LogP contribution in [0.25, 0.3) is 0 Å². The summed E-state index contributed by atoms with van der Waals surface area (Å²) in [5.74, 6) is 0.675. The lowest BCUT2D eigenvalue weighted by atomic mass is 9.84. The van der Waals surface area contributed by atoms with Crippen molar-refractivity contribution in [1.29, 1.82) is 0 Å². The molecule has 190 valence electrons. The zero-order chi connectivity index (χ0) is 25.3. The fourth-order valence-electron chi connectivity index (χ4n) is 4.18. The van der Waals surface area contributed by atoms with E-state index in [4.69, 9.17) is 14.3 Å². The van der Waals surface area contributed by atoms with Crippen LogP contribution in [-0.2, 0) is 27.2 Å². The van der Waals surface area contributed by atoms with Crippen molar-refractivity contribution in [2.24, 2.45) is 11.1 Å². The van der Waals surface area contributed by atoms with Crippen molar-refractivity contribution < 1.29 is 32.3 Å². The molecule has 0 aromatic heterocycles. The van der Waals surface area contributed by atoms with Gasteiger partial charge in [-0.05, 0) is 73.2 Å². The number of carbonyl (C=O) groups is 1. The van der Waals surface area contributed by atoms with E-state index in [1.807, 2.05) is 19.1 Å². The molecule has 0 aliphatic heterocycles. The second-order valence-corrected chi connectivity index (χ2v) is 8.79. The Kier molecular flexibility index (Phi) is 9.57. The van der Waals surface area contributed by atoms with Gasteiger partial charge < -0.3 is 14.3 Å². The van der Waals surface area contributed by atoms with Crippen LogP contribution in [0.15, 0.2) is 47.6 Å². The summed E-state index contributed by atoms with van der Waals surface area (Å²) in [5.41, 5.74) is 2.46. The lowest BCUT2D eigenvalue weighted by Gasteiger charge is -2.22. The molecule has 0 bridgehead atoms. The van der Waals surface area contributed by atoms with Gasteiger partial charge in [0.15, 0.2) is 6.61 Å². The van der Waals surface area contributed by atoms with E-state index in [9.17, 15) is 18.0 Å². The molecule has 2 aromatic rings. The van der Waals surface area contributed by atoms with Gasteiger partial charge >= 0.3 is 12.1 Å². The Morgan fingerprint density at radius 1 is 1.06 bits per heavy atom. The number of hydrogen-bond donors (Lipinski definition) is 0. The minimum absolute atomic E-state index is 0.0754. The summed E-state index contributed by atoms with van der Waals surface area (Å²) in [6.45, 7) is 3.85. The van der Waals surface area contributed by atoms with Gasteiger partial charge in [-0.15, -0.1) is 0 Å². The fourth-order valence-corrected chi connectivity index (χ4v) is 4.18. The van der Waals surface area contributed by atoms with Crippen molar-refractivity contribution in [2.75, 3.05) is 13.2 Å². The van der Waals surface area contributed by atoms with Gasteiger partial charge in [-0.1, -0.05) is 49.4 Å². The quantitative estimate of drug-likeness (QED) is 0.207. The molecule has 1 aliphatic carbocycles. The van der Waals surface area contributed by atoms with Crippen molar-refractivity contribution >= 4 is 11.7 Å². The highest BCUT2D eigenvalue weighted by molar-refractivity contribution is 6.00. The van der Waals surface area contributed by atoms with Crippen LogP contribution in [-0.4, -0.2) is 24.9 Å². The first-order chi connectivity index (χ1) is 16.8. The van der Waals surface area contributed by atoms with Crippen LogP contribution < -0.4 is 4.74 Å². The number of ether oxygens (including phenoxy) is 2. The minimum Gasteiger partial charge on any atom is -0.482 e. The Bertz CT molecular complexity index is 996. The summed E-state index contributed by atoms with van der Waals surface area (Å²) in [6.07, 6.45) is 2.31. The van der Waals surface area contributed by atoms with Crippen LogP contribution in [0.4, 0.5) is 13.2 Å². The second-order valence-electron chi connectivity index (χ2n) is 8.79. The number of esters is 1. The summed E-state index contributed by atoms with van der Waals surface area (Å²) in [6, 6.07) is 10.5. The summed E-state index contributed by atoms with van der Waals surface area (Å²) in [4.78, 5) is 17.2. The van der Waals surface area contributed by atoms with Gasteiger partial charge in [-0.2, -0.15) is 13.2 Å². The van der Waals surface area contributed by atoms with Crippen molar-refractivity contribution in [2.45, 2.75) is 65.2 Å². The lowest BCUT2D eigenvalue weighted by molar-refractivity contribution is -0.145. The molecule has 0 amide bonds. The number of hydrogen-bond acceptors (Lipinski definition) is 5. The first kappa shape index (κ1) is 26.6. The molecular formula is C27H32F3NO4. The molecule has 3 rings (SSSR count). The number of rotatable bonds is 10. The molecule has 0 unspecified atom stereocenters. The molecular weight excluding hydrogens is 459 g/mol. The van der Waals surface area contributed by atoms with Crippen molar-refractivity contribution in [3.8, 4) is 5.75 Å². The van der Waals surface area contributed by atoms with Crippen LogP contribution in [0.2, 0.25) is 0 Å². The van der Waals surface area contributed by atoms with Crippen LogP contribution in [0.3, 0.4) is 0 Å². The molecule has 0 atom stereocenters. The number of halogens is 3. The van der Waals surface area contributed by atoms with Crippen molar-refractivity contribution in [1.82, 2.24) is 0 Å². The van der Waals surface area contributed by atoms with Crippen molar-refractivity contribution in [3.63, 3.8) is 0 Å². The maximum Gasteiger partial charge on any atom is 0.416 e. The number of alkyl halides is 3. The third-order valence-electron chi connectivity index (χ3n) is 6.05. The van der Waals surface area contributed by atoms with Crippen LogP contribution >= 0.6 is 0 Å². The molecule has 1 fully saturated rings. The molecule has 0 saturated heterocycles. The Balaban J connectivity index is 1.71. The maximum absolute atomic E-state index is 12.8. The van der Waals surface area contributed by atoms with E-state index in [0.717, 1.165) is 48.2 Å². The molecule has 2 aromatic carbocycles. The van der Waals surface area contributed by atoms with Crippen LogP contribution in [0.5, 0.6) is 5.75 Å². The molecule has 0 radical (unpaired) electrons. The molecule has 0 N–H and O–H groups in total. The predicted octanol–water partition coefficient (Wildman–Crippen LogP) is 6.85. The summed E-state index contributed by atoms with van der Waals surface area (Å²) in [7, 11) is 0. The Morgan fingerprint density at radius 2 is 1.77 bits per heavy atom. The van der Waals surface area contributed by atoms with Gasteiger partial charge in [0.05, 0.1) is 17.9 Å². The normalized spacial score (nSPS) is 15.1. The van der Waals surface area contributed by atoms with Gasteiger partial charge in [0.1, 0.15) is 12.4 Å². The van der Waals surface area contributed by atoms with E-state index in [1.54, 1.807) is 13.0 Å². The van der Waals surface area contributed by atoms with E-state index >= 15 is 0 Å². The van der Waals surface area contributed by atoms with Crippen LogP contribution in [0.1, 0.15) is 67.7 Å². The predicted molar refractivity (Wildman–Crippen MR) is 127 cm³/mol. The van der Waals surface area contributed by atoms with E-state index in [2.05, 4.69) is 5.16 Å². The summed E-state index contributed by atoms with van der Waals surface area (Å²) in [5, 5.41) is 4.40. The third-order valence-corrected chi connectivity index (χ3v) is 6.05. The number of benzene rings is 2. The Hall–Kier alpha value is -3.03. The SMILES string of the molecule is CCOC(=O)COc1ccc(/C(CC2CCCCC2)=N/OCc2ccc(C(F)(F)F)cc2)cc1C. The number of aryl methyl sites for hydroxylation is 1. The molecule has 8 heteroatoms. The minimum atomic E-state index is -4.37. The average Bonchev–Trinajstić information content (AvgIpc) is 2.83. The molecule has 0 heterocycles. The number of carbonyl (C=O) groups excluding carboxylic acids is 1. The smallest absolute Gasteiger partial charge is 0.416 e. The molecule has 35 heavy (non-hydrogen) atoms. The second kappa shape index (κ2) is 12.6. The fraction of sp³-hybridized carbons (Fsp3) is 0.481. The monoisotopic (exact) mass is 491 g/mol. The largest absolute Gasteiger partial charge is 0.482 e. The summed E-state index contributed by atoms with van der Waals surface area (Å²) >= 11 is 0. The van der Waals surface area contributed by atoms with Gasteiger partial charge in [0, 0.05) is 0 Å². The lowest BCUT2D eigenvalue weighted by Crippen LogP contribution is -2.16. The van der Waals surface area contributed by atoms with Gasteiger partial charge in [-0.3, -0.25) is 0 Å². The zero-order valence-corrected chi connectivity index (χ0v) is 20.2. The molecule has 1 aliphatic rings. The van der Waals surface area contributed by atoms with Gasteiger partial charge in [0.25, 0.3) is 0 Å². The first-order valence-electron chi connectivity index (χ1n) is 12.0. The standard InChI is InChI=1S/C27H32F3NO4/c1-3-33-26(32)18-34-25-14-11-22(15-19(25)2)24(16-20-7-5-4-6-8-20)31-35-17-21-9-12-23(13-10-21)27(28,29)30/h9-15,20H,3-8,16-18H2,1-2H3/b31-24+. The topological polar surface area (TPSA) is 57.1 Å². The van der Waals surface area contributed by atoms with Gasteiger partial charge in [0.2, 0.25) is 0 Å². The average molecular weight is 492 g/mol. The zero-order valence-electron chi connectivity index (χ0n) is 20.2. The molecule has 0 spiro atoms.